The smallest absolute Gasteiger partial charge is 0.319 e. The number of fused-ring (bicyclic) bond motifs is 4. The standard InChI is InChI=1S/C28H28ClF4N7OS/c1-13(9-39-7-6-28(32,33)12-39)41-27-37-22-17(25(38-27)40-10-14-2-3-15(11-40)35-14)8-18(29)20(21(22)31)16-4-5-19(30)24-23(16)36-26(34)42-24/h4-5,8,13-15,35H,2-3,6-7,9-12H2,1H3,(H2,34,36). The van der Waals surface area contributed by atoms with E-state index in [1.165, 1.54) is 12.1 Å². The quantitative estimate of drug-likeness (QED) is 0.274. The summed E-state index contributed by atoms with van der Waals surface area (Å²) in [6.45, 7) is 3.25. The average Bonchev–Trinajstić information content (AvgIpc) is 3.60. The minimum absolute atomic E-state index is 0.0131. The van der Waals surface area contributed by atoms with Gasteiger partial charge in [0, 0.05) is 61.2 Å². The molecule has 3 saturated heterocycles. The van der Waals surface area contributed by atoms with Crippen LogP contribution in [0.4, 0.5) is 28.5 Å². The molecule has 0 radical (unpaired) electrons. The van der Waals surface area contributed by atoms with Crippen molar-refractivity contribution in [3.8, 4) is 17.1 Å². The number of likely N-dealkylation sites (tertiary alicyclic amines) is 1. The Morgan fingerprint density at radius 2 is 1.93 bits per heavy atom. The molecule has 7 rings (SSSR count). The van der Waals surface area contributed by atoms with Gasteiger partial charge in [-0.25, -0.2) is 22.5 Å². The van der Waals surface area contributed by atoms with Crippen molar-refractivity contribution >= 4 is 55.0 Å². The Bertz CT molecular complexity index is 1690. The molecule has 3 fully saturated rings. The van der Waals surface area contributed by atoms with Gasteiger partial charge >= 0.3 is 6.01 Å². The number of nitrogens with two attached hydrogens (primary N) is 1. The first-order chi connectivity index (χ1) is 20.0. The fraction of sp³-hybridized carbons (Fsp3) is 0.464. The molecular formula is C28H28ClF4N7OS. The van der Waals surface area contributed by atoms with Crippen LogP contribution in [0.25, 0.3) is 32.2 Å². The fourth-order valence-electron chi connectivity index (χ4n) is 6.41. The predicted molar refractivity (Wildman–Crippen MR) is 156 cm³/mol. The van der Waals surface area contributed by atoms with Gasteiger partial charge in [0.15, 0.2) is 10.9 Å². The topological polar surface area (TPSA) is 92.4 Å². The number of alkyl halides is 2. The molecule has 0 aliphatic carbocycles. The van der Waals surface area contributed by atoms with Crippen LogP contribution in [0.15, 0.2) is 18.2 Å². The maximum atomic E-state index is 16.6. The Labute approximate surface area is 247 Å². The Morgan fingerprint density at radius 1 is 1.17 bits per heavy atom. The normalized spacial score (nSPS) is 22.9. The highest BCUT2D eigenvalue weighted by atomic mass is 35.5. The van der Waals surface area contributed by atoms with Crippen LogP contribution in [0, 0.1) is 11.6 Å². The number of nitrogens with zero attached hydrogens (tertiary/aromatic N) is 5. The Morgan fingerprint density at radius 3 is 2.64 bits per heavy atom. The number of benzene rings is 2. The minimum atomic E-state index is -2.72. The summed E-state index contributed by atoms with van der Waals surface area (Å²) in [5, 5.41) is 4.24. The summed E-state index contributed by atoms with van der Waals surface area (Å²) in [5.74, 6) is -3.47. The first kappa shape index (κ1) is 27.8. The second-order valence-corrected chi connectivity index (χ2v) is 12.8. The van der Waals surface area contributed by atoms with Gasteiger partial charge in [0.05, 0.1) is 21.8 Å². The van der Waals surface area contributed by atoms with Gasteiger partial charge < -0.3 is 20.7 Å². The van der Waals surface area contributed by atoms with Gasteiger partial charge in [-0.15, -0.1) is 0 Å². The van der Waals surface area contributed by atoms with Gasteiger partial charge in [-0.05, 0) is 38.0 Å². The number of hydrogen-bond acceptors (Lipinski definition) is 9. The number of ether oxygens (including phenoxy) is 1. The van der Waals surface area contributed by atoms with E-state index in [2.05, 4.69) is 20.2 Å². The zero-order chi connectivity index (χ0) is 29.3. The molecule has 14 heteroatoms. The van der Waals surface area contributed by atoms with Crippen LogP contribution in [-0.4, -0.2) is 76.7 Å². The van der Waals surface area contributed by atoms with Crippen molar-refractivity contribution in [3.63, 3.8) is 0 Å². The molecular weight excluding hydrogens is 594 g/mol. The van der Waals surface area contributed by atoms with E-state index in [-0.39, 0.29) is 81.2 Å². The molecule has 3 unspecified atom stereocenters. The number of nitrogen functional groups attached to an aromatic ring is 1. The second kappa shape index (κ2) is 10.3. The van der Waals surface area contributed by atoms with E-state index in [0.717, 1.165) is 24.2 Å². The summed E-state index contributed by atoms with van der Waals surface area (Å²) in [5.41, 5.74) is 6.36. The molecule has 3 aliphatic heterocycles. The maximum absolute atomic E-state index is 16.6. The summed E-state index contributed by atoms with van der Waals surface area (Å²) >= 11 is 7.71. The number of piperazine rings is 1. The summed E-state index contributed by atoms with van der Waals surface area (Å²) < 4.78 is 64.9. The van der Waals surface area contributed by atoms with E-state index >= 15 is 4.39 Å². The van der Waals surface area contributed by atoms with E-state index in [1.54, 1.807) is 17.9 Å². The molecule has 4 aromatic rings. The van der Waals surface area contributed by atoms with Crippen LogP contribution in [0.3, 0.4) is 0 Å². The molecule has 3 atom stereocenters. The highest BCUT2D eigenvalue weighted by molar-refractivity contribution is 7.22. The molecule has 0 amide bonds. The molecule has 0 spiro atoms. The van der Waals surface area contributed by atoms with Gasteiger partial charge in [0.25, 0.3) is 5.92 Å². The lowest BCUT2D eigenvalue weighted by atomic mass is 10.0. The average molecular weight is 622 g/mol. The van der Waals surface area contributed by atoms with Crippen molar-refractivity contribution in [2.45, 2.75) is 50.3 Å². The van der Waals surface area contributed by atoms with E-state index in [4.69, 9.17) is 27.1 Å². The number of halogens is 5. The van der Waals surface area contributed by atoms with Crippen molar-refractivity contribution in [1.29, 1.82) is 0 Å². The molecule has 2 aromatic heterocycles. The molecule has 2 bridgehead atoms. The molecule has 0 saturated carbocycles. The summed E-state index contributed by atoms with van der Waals surface area (Å²) in [4.78, 5) is 17.1. The molecule has 42 heavy (non-hydrogen) atoms. The minimum Gasteiger partial charge on any atom is -0.459 e. The van der Waals surface area contributed by atoms with Crippen molar-refractivity contribution in [1.82, 2.24) is 25.2 Å². The molecule has 222 valence electrons. The third-order valence-corrected chi connectivity index (χ3v) is 9.40. The van der Waals surface area contributed by atoms with E-state index in [1.807, 2.05) is 0 Å². The zero-order valence-corrected chi connectivity index (χ0v) is 24.2. The SMILES string of the molecule is CC(CN1CCC(F)(F)C1)Oc1nc(N2CC3CCC(C2)N3)c2cc(Cl)c(-c3ccc(F)c4sc(N)nc34)c(F)c2n1. The molecule has 8 nitrogen and oxygen atoms in total. The number of rotatable bonds is 6. The van der Waals surface area contributed by atoms with Gasteiger partial charge in [0.1, 0.15) is 23.3 Å². The third-order valence-electron chi connectivity index (χ3n) is 8.21. The maximum Gasteiger partial charge on any atom is 0.319 e. The van der Waals surface area contributed by atoms with E-state index in [0.29, 0.717) is 24.3 Å². The van der Waals surface area contributed by atoms with Crippen LogP contribution in [0.1, 0.15) is 26.2 Å². The largest absolute Gasteiger partial charge is 0.459 e. The monoisotopic (exact) mass is 621 g/mol. The molecule has 5 heterocycles. The van der Waals surface area contributed by atoms with Crippen LogP contribution in [0.2, 0.25) is 5.02 Å². The van der Waals surface area contributed by atoms with Gasteiger partial charge in [-0.3, -0.25) is 4.90 Å². The zero-order valence-electron chi connectivity index (χ0n) is 22.6. The highest BCUT2D eigenvalue weighted by Gasteiger charge is 2.39. The van der Waals surface area contributed by atoms with Crippen LogP contribution in [-0.2, 0) is 0 Å². The Balaban J connectivity index is 1.33. The van der Waals surface area contributed by atoms with Crippen molar-refractivity contribution in [2.75, 3.05) is 43.4 Å². The summed E-state index contributed by atoms with van der Waals surface area (Å²) in [6, 6.07) is 4.77. The summed E-state index contributed by atoms with van der Waals surface area (Å²) in [6.07, 6.45) is 1.33. The Kier molecular flexibility index (Phi) is 6.83. The van der Waals surface area contributed by atoms with E-state index < -0.39 is 23.7 Å². The molecule has 2 aromatic carbocycles. The number of aromatic nitrogens is 3. The molecule has 3 N–H and O–H groups in total. The Hall–Kier alpha value is -3.00. The number of nitrogens with one attached hydrogen (secondary N) is 1. The lowest BCUT2D eigenvalue weighted by Crippen LogP contribution is -2.51. The van der Waals surface area contributed by atoms with Gasteiger partial charge in [0.2, 0.25) is 0 Å². The van der Waals surface area contributed by atoms with E-state index in [9.17, 15) is 13.2 Å². The first-order valence-electron chi connectivity index (χ1n) is 13.9. The first-order valence-corrected chi connectivity index (χ1v) is 15.1. The van der Waals surface area contributed by atoms with Crippen molar-refractivity contribution in [2.24, 2.45) is 0 Å². The van der Waals surface area contributed by atoms with Crippen LogP contribution in [0.5, 0.6) is 6.01 Å². The number of hydrogen-bond donors (Lipinski definition) is 2. The van der Waals surface area contributed by atoms with Crippen molar-refractivity contribution in [3.05, 3.63) is 34.9 Å². The van der Waals surface area contributed by atoms with Gasteiger partial charge in [-0.1, -0.05) is 22.9 Å². The number of anilines is 2. The van der Waals surface area contributed by atoms with Crippen molar-refractivity contribution < 1.29 is 22.3 Å². The lowest BCUT2D eigenvalue weighted by molar-refractivity contribution is 0.00894. The van der Waals surface area contributed by atoms with Gasteiger partial charge in [-0.2, -0.15) is 9.97 Å². The fourth-order valence-corrected chi connectivity index (χ4v) is 7.47. The second-order valence-electron chi connectivity index (χ2n) is 11.4. The van der Waals surface area contributed by atoms with Crippen LogP contribution >= 0.6 is 22.9 Å². The lowest BCUT2D eigenvalue weighted by Gasteiger charge is -2.34. The summed E-state index contributed by atoms with van der Waals surface area (Å²) in [7, 11) is 0. The van der Waals surface area contributed by atoms with Crippen LogP contribution < -0.4 is 20.7 Å². The number of thiazole rings is 1. The predicted octanol–water partition coefficient (Wildman–Crippen LogP) is 5.47. The molecule has 3 aliphatic rings. The third kappa shape index (κ3) is 4.99. The highest BCUT2D eigenvalue weighted by Crippen LogP contribution is 2.43.